The molecule has 2 saturated heterocycles. The van der Waals surface area contributed by atoms with Gasteiger partial charge in [0.15, 0.2) is 5.65 Å². The number of allylic oxidation sites excluding steroid dienone is 1. The van der Waals surface area contributed by atoms with Crippen LogP contribution in [0.2, 0.25) is 0 Å². The van der Waals surface area contributed by atoms with Crippen molar-refractivity contribution >= 4 is 11.2 Å². The first-order valence-corrected chi connectivity index (χ1v) is 14.3. The standard InChI is InChI=1S/C29H39N9O/c1-18-10-24(34-38-15-22(5)32-27(18)38)23-11-25(39)37-17-29(12-19(2)26(37)33-23,36-13-20(3)31-21(4)14-36)35-9-8-30-28(16-35)6-7-28/h10-12,15,20-21,30-31H,6-9,13-14,16-17H2,1-5H3/t20-,21+,29?. The molecule has 1 saturated carbocycles. The van der Waals surface area contributed by atoms with Crippen LogP contribution in [0.4, 0.5) is 0 Å². The van der Waals surface area contributed by atoms with Gasteiger partial charge >= 0.3 is 0 Å². The Kier molecular flexibility index (Phi) is 5.65. The predicted octanol–water partition coefficient (Wildman–Crippen LogP) is 1.80. The van der Waals surface area contributed by atoms with Crippen LogP contribution in [0.25, 0.3) is 22.6 Å². The van der Waals surface area contributed by atoms with E-state index in [1.54, 1.807) is 10.6 Å². The minimum absolute atomic E-state index is 0.0271. The molecule has 0 aromatic carbocycles. The number of aromatic nitrogens is 5. The van der Waals surface area contributed by atoms with Crippen LogP contribution in [0.1, 0.15) is 50.7 Å². The van der Waals surface area contributed by atoms with Gasteiger partial charge in [-0.25, -0.2) is 14.5 Å². The first-order chi connectivity index (χ1) is 18.6. The van der Waals surface area contributed by atoms with Gasteiger partial charge in [0, 0.05) is 56.4 Å². The van der Waals surface area contributed by atoms with E-state index in [-0.39, 0.29) is 16.8 Å². The van der Waals surface area contributed by atoms with Crippen LogP contribution in [0.5, 0.6) is 0 Å². The second-order valence-electron chi connectivity index (χ2n) is 12.5. The molecular formula is C29H39N9O. The number of hydrogen-bond donors (Lipinski definition) is 2. The maximum Gasteiger partial charge on any atom is 0.254 e. The molecule has 3 atom stereocenters. The Bertz CT molecular complexity index is 1540. The van der Waals surface area contributed by atoms with E-state index in [1.165, 1.54) is 12.8 Å². The molecule has 206 valence electrons. The molecule has 0 bridgehead atoms. The van der Waals surface area contributed by atoms with E-state index < -0.39 is 0 Å². The van der Waals surface area contributed by atoms with Gasteiger partial charge in [-0.2, -0.15) is 5.10 Å². The summed E-state index contributed by atoms with van der Waals surface area (Å²) in [6, 6.07) is 4.40. The van der Waals surface area contributed by atoms with Gasteiger partial charge in [-0.15, -0.1) is 0 Å². The minimum Gasteiger partial charge on any atom is -0.309 e. The molecule has 3 aliphatic heterocycles. The molecule has 4 aliphatic rings. The van der Waals surface area contributed by atoms with Crippen LogP contribution in [-0.2, 0) is 6.54 Å². The lowest BCUT2D eigenvalue weighted by Crippen LogP contribution is -2.72. The van der Waals surface area contributed by atoms with Crippen LogP contribution >= 0.6 is 0 Å². The molecule has 6 heterocycles. The number of rotatable bonds is 3. The fraction of sp³-hybridized carbons (Fsp3) is 0.586. The average Bonchev–Trinajstić information content (AvgIpc) is 3.50. The Balaban J connectivity index is 1.33. The second kappa shape index (κ2) is 8.79. The van der Waals surface area contributed by atoms with Crippen LogP contribution in [0.15, 0.2) is 29.2 Å². The van der Waals surface area contributed by atoms with Crippen molar-refractivity contribution in [3.05, 3.63) is 51.8 Å². The topological polar surface area (TPSA) is 95.6 Å². The first-order valence-electron chi connectivity index (χ1n) is 14.3. The summed E-state index contributed by atoms with van der Waals surface area (Å²) >= 11 is 0. The van der Waals surface area contributed by atoms with Crippen molar-refractivity contribution in [1.29, 1.82) is 0 Å². The summed E-state index contributed by atoms with van der Waals surface area (Å²) in [4.78, 5) is 28.7. The lowest BCUT2D eigenvalue weighted by atomic mass is 9.93. The molecular weight excluding hydrogens is 490 g/mol. The molecule has 3 aromatic heterocycles. The van der Waals surface area contributed by atoms with E-state index >= 15 is 0 Å². The number of aryl methyl sites for hydroxylation is 2. The molecule has 0 amide bonds. The van der Waals surface area contributed by atoms with Gasteiger partial charge in [0.25, 0.3) is 5.56 Å². The Morgan fingerprint density at radius 1 is 0.974 bits per heavy atom. The van der Waals surface area contributed by atoms with Crippen molar-refractivity contribution in [3.63, 3.8) is 0 Å². The molecule has 10 heteroatoms. The molecule has 0 radical (unpaired) electrons. The van der Waals surface area contributed by atoms with Crippen molar-refractivity contribution in [2.24, 2.45) is 0 Å². The first kappa shape index (κ1) is 25.1. The highest BCUT2D eigenvalue weighted by atomic mass is 16.1. The quantitative estimate of drug-likeness (QED) is 0.531. The third kappa shape index (κ3) is 4.16. The van der Waals surface area contributed by atoms with Crippen molar-refractivity contribution in [1.82, 2.24) is 44.6 Å². The zero-order valence-corrected chi connectivity index (χ0v) is 23.7. The number of fused-ring (bicyclic) bond motifs is 2. The van der Waals surface area contributed by atoms with E-state index in [9.17, 15) is 4.79 Å². The molecule has 10 nitrogen and oxygen atoms in total. The average molecular weight is 530 g/mol. The van der Waals surface area contributed by atoms with Gasteiger partial charge in [0.05, 0.1) is 24.1 Å². The molecule has 3 fully saturated rings. The Labute approximate surface area is 229 Å². The Morgan fingerprint density at radius 3 is 2.49 bits per heavy atom. The maximum absolute atomic E-state index is 13.9. The summed E-state index contributed by atoms with van der Waals surface area (Å²) in [5, 5.41) is 12.2. The summed E-state index contributed by atoms with van der Waals surface area (Å²) in [5.74, 6) is 0.738. The van der Waals surface area contributed by atoms with Crippen LogP contribution < -0.4 is 16.2 Å². The Morgan fingerprint density at radius 2 is 1.74 bits per heavy atom. The highest BCUT2D eigenvalue weighted by Gasteiger charge is 2.53. The smallest absolute Gasteiger partial charge is 0.254 e. The van der Waals surface area contributed by atoms with Crippen LogP contribution in [0.3, 0.4) is 0 Å². The lowest BCUT2D eigenvalue weighted by molar-refractivity contribution is -0.0708. The van der Waals surface area contributed by atoms with Crippen LogP contribution in [0, 0.1) is 13.8 Å². The molecule has 7 rings (SSSR count). The van der Waals surface area contributed by atoms with Crippen molar-refractivity contribution in [3.8, 4) is 11.4 Å². The summed E-state index contributed by atoms with van der Waals surface area (Å²) in [6.45, 7) is 16.0. The largest absolute Gasteiger partial charge is 0.309 e. The zero-order chi connectivity index (χ0) is 27.1. The molecule has 1 spiro atoms. The fourth-order valence-electron chi connectivity index (χ4n) is 7.15. The fourth-order valence-corrected chi connectivity index (χ4v) is 7.15. The number of hydrogen-bond acceptors (Lipinski definition) is 8. The van der Waals surface area contributed by atoms with Gasteiger partial charge in [-0.05, 0) is 70.7 Å². The maximum atomic E-state index is 13.9. The Hall–Kier alpha value is -2.92. The van der Waals surface area contributed by atoms with Gasteiger partial charge < -0.3 is 10.6 Å². The van der Waals surface area contributed by atoms with Crippen molar-refractivity contribution < 1.29 is 0 Å². The van der Waals surface area contributed by atoms with E-state index in [0.717, 1.165) is 61.0 Å². The van der Waals surface area contributed by atoms with Crippen LogP contribution in [-0.4, -0.2) is 90.0 Å². The molecule has 1 unspecified atom stereocenters. The lowest BCUT2D eigenvalue weighted by Gasteiger charge is -2.56. The SMILES string of the molecule is CC1=CC(N2C[C@@H](C)N[C@@H](C)C2)(N2CCNC3(CC3)C2)Cn2c1nc(-c1cc(C)c3nc(C)cn3n1)cc2=O. The normalized spacial score (nSPS) is 29.0. The van der Waals surface area contributed by atoms with Gasteiger partial charge in [-0.1, -0.05) is 0 Å². The number of nitrogens with zero attached hydrogens (tertiary/aromatic N) is 7. The number of imidazole rings is 1. The third-order valence-electron chi connectivity index (χ3n) is 9.07. The van der Waals surface area contributed by atoms with Crippen molar-refractivity contribution in [2.45, 2.75) is 77.3 Å². The van der Waals surface area contributed by atoms with Crippen molar-refractivity contribution in [2.75, 3.05) is 32.7 Å². The summed E-state index contributed by atoms with van der Waals surface area (Å²) in [5.41, 5.74) is 4.92. The van der Waals surface area contributed by atoms with Gasteiger partial charge in [0.1, 0.15) is 17.2 Å². The third-order valence-corrected chi connectivity index (χ3v) is 9.07. The van der Waals surface area contributed by atoms with E-state index in [4.69, 9.17) is 10.1 Å². The molecule has 2 N–H and O–H groups in total. The molecule has 1 aliphatic carbocycles. The highest BCUT2D eigenvalue weighted by Crippen LogP contribution is 2.42. The highest BCUT2D eigenvalue weighted by molar-refractivity contribution is 5.65. The monoisotopic (exact) mass is 529 g/mol. The summed E-state index contributed by atoms with van der Waals surface area (Å²) in [7, 11) is 0. The summed E-state index contributed by atoms with van der Waals surface area (Å²) < 4.78 is 3.70. The van der Waals surface area contributed by atoms with E-state index in [1.807, 2.05) is 30.7 Å². The van der Waals surface area contributed by atoms with E-state index in [0.29, 0.717) is 30.0 Å². The van der Waals surface area contributed by atoms with Gasteiger partial charge in [0.2, 0.25) is 0 Å². The zero-order valence-electron chi connectivity index (χ0n) is 23.7. The molecule has 39 heavy (non-hydrogen) atoms. The van der Waals surface area contributed by atoms with Gasteiger partial charge in [-0.3, -0.25) is 19.2 Å². The second-order valence-corrected chi connectivity index (χ2v) is 12.5. The summed E-state index contributed by atoms with van der Waals surface area (Å²) in [6.07, 6.45) is 6.77. The number of piperazine rings is 2. The minimum atomic E-state index is -0.367. The predicted molar refractivity (Wildman–Crippen MR) is 152 cm³/mol. The van der Waals surface area contributed by atoms with E-state index in [2.05, 4.69) is 52.3 Å². The number of nitrogens with one attached hydrogen (secondary N) is 2. The molecule has 3 aromatic rings.